The number of aromatic nitrogens is 5. The summed E-state index contributed by atoms with van der Waals surface area (Å²) in [4.78, 5) is 25.6. The maximum absolute atomic E-state index is 12.7. The van der Waals surface area contributed by atoms with Gasteiger partial charge < -0.3 is 14.4 Å². The van der Waals surface area contributed by atoms with Gasteiger partial charge in [-0.15, -0.1) is 0 Å². The lowest BCUT2D eigenvalue weighted by atomic mass is 10.1. The molecule has 2 aromatic carbocycles. The van der Waals surface area contributed by atoms with E-state index in [1.54, 1.807) is 18.7 Å². The quantitative estimate of drug-likeness (QED) is 0.458. The average molecular weight is 410 g/mol. The SMILES string of the molecule is O=C(Cn1cnc2ccccc21)Nc1ccccc1Cc1nc(-c2cccnc2)no1. The highest BCUT2D eigenvalue weighted by atomic mass is 16.5. The fraction of sp³-hybridized carbons (Fsp3) is 0.0870. The molecule has 0 aliphatic carbocycles. The van der Waals surface area contributed by atoms with E-state index in [1.807, 2.05) is 65.2 Å². The Morgan fingerprint density at radius 2 is 1.90 bits per heavy atom. The normalized spacial score (nSPS) is 11.0. The lowest BCUT2D eigenvalue weighted by molar-refractivity contribution is -0.116. The molecule has 0 saturated carbocycles. The summed E-state index contributed by atoms with van der Waals surface area (Å²) in [7, 11) is 0. The highest BCUT2D eigenvalue weighted by molar-refractivity contribution is 5.92. The van der Waals surface area contributed by atoms with Crippen molar-refractivity contribution in [2.45, 2.75) is 13.0 Å². The highest BCUT2D eigenvalue weighted by Gasteiger charge is 2.13. The third-order valence-electron chi connectivity index (χ3n) is 4.86. The van der Waals surface area contributed by atoms with E-state index in [2.05, 4.69) is 25.4 Å². The number of hydrogen-bond donors (Lipinski definition) is 1. The van der Waals surface area contributed by atoms with Gasteiger partial charge in [-0.1, -0.05) is 35.5 Å². The molecule has 0 saturated heterocycles. The predicted octanol–water partition coefficient (Wildman–Crippen LogP) is 3.71. The first-order valence-electron chi connectivity index (χ1n) is 9.77. The highest BCUT2D eigenvalue weighted by Crippen LogP contribution is 2.21. The van der Waals surface area contributed by atoms with E-state index < -0.39 is 0 Å². The van der Waals surface area contributed by atoms with Gasteiger partial charge in [-0.3, -0.25) is 9.78 Å². The fourth-order valence-electron chi connectivity index (χ4n) is 3.38. The molecule has 31 heavy (non-hydrogen) atoms. The van der Waals surface area contributed by atoms with Crippen molar-refractivity contribution in [2.24, 2.45) is 0 Å². The van der Waals surface area contributed by atoms with Crippen molar-refractivity contribution in [3.63, 3.8) is 0 Å². The van der Waals surface area contributed by atoms with E-state index in [4.69, 9.17) is 4.52 Å². The van der Waals surface area contributed by atoms with Crippen molar-refractivity contribution < 1.29 is 9.32 Å². The summed E-state index contributed by atoms with van der Waals surface area (Å²) in [5.41, 5.74) is 4.15. The summed E-state index contributed by atoms with van der Waals surface area (Å²) in [5.74, 6) is 0.801. The third kappa shape index (κ3) is 4.04. The minimum atomic E-state index is -0.141. The molecule has 8 heteroatoms. The Kier molecular flexibility index (Phi) is 4.94. The molecule has 8 nitrogen and oxygen atoms in total. The van der Waals surface area contributed by atoms with E-state index in [-0.39, 0.29) is 12.5 Å². The van der Waals surface area contributed by atoms with Crippen LogP contribution in [0.4, 0.5) is 5.69 Å². The summed E-state index contributed by atoms with van der Waals surface area (Å²) >= 11 is 0. The van der Waals surface area contributed by atoms with Crippen LogP contribution in [0.3, 0.4) is 0 Å². The van der Waals surface area contributed by atoms with Crippen molar-refractivity contribution in [3.8, 4) is 11.4 Å². The molecular formula is C23H18N6O2. The molecule has 1 N–H and O–H groups in total. The zero-order chi connectivity index (χ0) is 21.0. The number of hydrogen-bond acceptors (Lipinski definition) is 6. The molecule has 5 rings (SSSR count). The topological polar surface area (TPSA) is 98.7 Å². The van der Waals surface area contributed by atoms with Gasteiger partial charge >= 0.3 is 0 Å². The van der Waals surface area contributed by atoms with Gasteiger partial charge in [0.05, 0.1) is 23.8 Å². The number of carbonyl (C=O) groups excluding carboxylic acids is 1. The number of nitrogens with one attached hydrogen (secondary N) is 1. The minimum absolute atomic E-state index is 0.141. The molecule has 0 radical (unpaired) electrons. The molecular weight excluding hydrogens is 392 g/mol. The van der Waals surface area contributed by atoms with Crippen LogP contribution in [0.2, 0.25) is 0 Å². The van der Waals surface area contributed by atoms with E-state index in [9.17, 15) is 4.79 Å². The Morgan fingerprint density at radius 1 is 1.03 bits per heavy atom. The van der Waals surface area contributed by atoms with Gasteiger partial charge in [-0.05, 0) is 35.9 Å². The Balaban J connectivity index is 1.31. The lowest BCUT2D eigenvalue weighted by Crippen LogP contribution is -2.19. The second kappa shape index (κ2) is 8.19. The summed E-state index contributed by atoms with van der Waals surface area (Å²) in [6.45, 7) is 0.167. The van der Waals surface area contributed by atoms with E-state index in [0.717, 1.165) is 22.2 Å². The number of anilines is 1. The van der Waals surface area contributed by atoms with Crippen molar-refractivity contribution in [1.82, 2.24) is 24.7 Å². The van der Waals surface area contributed by atoms with E-state index in [1.165, 1.54) is 0 Å². The molecule has 0 atom stereocenters. The number of pyridine rings is 1. The number of fused-ring (bicyclic) bond motifs is 1. The van der Waals surface area contributed by atoms with Gasteiger partial charge in [-0.25, -0.2) is 4.98 Å². The molecule has 0 aliphatic rings. The minimum Gasteiger partial charge on any atom is -0.339 e. The van der Waals surface area contributed by atoms with Gasteiger partial charge in [0.25, 0.3) is 0 Å². The number of nitrogens with zero attached hydrogens (tertiary/aromatic N) is 5. The molecule has 1 amide bonds. The standard InChI is InChI=1S/C23H18N6O2/c30-21(14-29-15-25-19-9-3-4-10-20(19)29)26-18-8-2-1-6-16(18)12-22-27-23(28-31-22)17-7-5-11-24-13-17/h1-11,13,15H,12,14H2,(H,26,30). The van der Waals surface area contributed by atoms with Crippen LogP contribution < -0.4 is 5.32 Å². The molecule has 0 spiro atoms. The van der Waals surface area contributed by atoms with Crippen LogP contribution in [0, 0.1) is 0 Å². The van der Waals surface area contributed by atoms with Crippen molar-refractivity contribution in [2.75, 3.05) is 5.32 Å². The number of para-hydroxylation sites is 3. The van der Waals surface area contributed by atoms with Crippen molar-refractivity contribution >= 4 is 22.6 Å². The Morgan fingerprint density at radius 3 is 2.81 bits per heavy atom. The van der Waals surface area contributed by atoms with E-state index >= 15 is 0 Å². The summed E-state index contributed by atoms with van der Waals surface area (Å²) in [6.07, 6.45) is 5.45. The third-order valence-corrected chi connectivity index (χ3v) is 4.86. The molecule has 0 aliphatic heterocycles. The molecule has 3 heterocycles. The largest absolute Gasteiger partial charge is 0.339 e. The van der Waals surface area contributed by atoms with Crippen LogP contribution in [0.5, 0.6) is 0 Å². The fourth-order valence-corrected chi connectivity index (χ4v) is 3.38. The Labute approximate surface area is 177 Å². The maximum atomic E-state index is 12.7. The predicted molar refractivity (Wildman–Crippen MR) is 115 cm³/mol. The number of imidazole rings is 1. The number of carbonyl (C=O) groups is 1. The van der Waals surface area contributed by atoms with Crippen molar-refractivity contribution in [3.05, 3.63) is 90.8 Å². The summed E-state index contributed by atoms with van der Waals surface area (Å²) in [6, 6.07) is 19.0. The van der Waals surface area contributed by atoms with Crippen LogP contribution >= 0.6 is 0 Å². The maximum Gasteiger partial charge on any atom is 0.244 e. The van der Waals surface area contributed by atoms with Crippen LogP contribution in [-0.2, 0) is 17.8 Å². The number of rotatable bonds is 6. The summed E-state index contributed by atoms with van der Waals surface area (Å²) in [5, 5.41) is 7.01. The molecule has 5 aromatic rings. The van der Waals surface area contributed by atoms with Crippen LogP contribution in [0.1, 0.15) is 11.5 Å². The van der Waals surface area contributed by atoms with E-state index in [0.29, 0.717) is 23.8 Å². The smallest absolute Gasteiger partial charge is 0.244 e. The monoisotopic (exact) mass is 410 g/mol. The summed E-state index contributed by atoms with van der Waals surface area (Å²) < 4.78 is 7.23. The molecule has 152 valence electrons. The first-order valence-corrected chi connectivity index (χ1v) is 9.77. The molecule has 3 aromatic heterocycles. The zero-order valence-corrected chi connectivity index (χ0v) is 16.5. The molecule has 0 unspecified atom stereocenters. The van der Waals surface area contributed by atoms with Gasteiger partial charge in [-0.2, -0.15) is 4.98 Å². The Bertz CT molecular complexity index is 1340. The molecule has 0 bridgehead atoms. The number of benzene rings is 2. The lowest BCUT2D eigenvalue weighted by Gasteiger charge is -2.10. The van der Waals surface area contributed by atoms with Gasteiger partial charge in [0.2, 0.25) is 17.6 Å². The van der Waals surface area contributed by atoms with Gasteiger partial charge in [0.1, 0.15) is 6.54 Å². The van der Waals surface area contributed by atoms with Gasteiger partial charge in [0, 0.05) is 23.6 Å². The first-order chi connectivity index (χ1) is 15.3. The first kappa shape index (κ1) is 18.7. The van der Waals surface area contributed by atoms with Crippen LogP contribution in [0.15, 0.2) is 83.9 Å². The zero-order valence-electron chi connectivity index (χ0n) is 16.5. The molecule has 0 fully saturated rings. The van der Waals surface area contributed by atoms with Crippen LogP contribution in [0.25, 0.3) is 22.4 Å². The Hall–Kier alpha value is -4.33. The second-order valence-electron chi connectivity index (χ2n) is 7.00. The van der Waals surface area contributed by atoms with Crippen LogP contribution in [-0.4, -0.2) is 30.6 Å². The van der Waals surface area contributed by atoms with Gasteiger partial charge in [0.15, 0.2) is 0 Å². The van der Waals surface area contributed by atoms with Crippen molar-refractivity contribution in [1.29, 1.82) is 0 Å². The second-order valence-corrected chi connectivity index (χ2v) is 7.00. The number of amides is 1. The average Bonchev–Trinajstić information content (AvgIpc) is 3.43.